The summed E-state index contributed by atoms with van der Waals surface area (Å²) >= 11 is 2.10. The molecule has 0 aromatic carbocycles. The van der Waals surface area contributed by atoms with Gasteiger partial charge in [-0.3, -0.25) is 38.6 Å². The molecule has 0 aliphatic carbocycles. The van der Waals surface area contributed by atoms with Gasteiger partial charge in [-0.2, -0.15) is 0 Å². The van der Waals surface area contributed by atoms with Crippen LogP contribution in [0.3, 0.4) is 0 Å². The van der Waals surface area contributed by atoms with Gasteiger partial charge in [-0.1, -0.05) is 0 Å². The number of imide groups is 2. The normalized spacial score (nSPS) is 21.1. The molecule has 0 saturated carbocycles. The third-order valence-electron chi connectivity index (χ3n) is 6.01. The predicted octanol–water partition coefficient (Wildman–Crippen LogP) is -0.499. The summed E-state index contributed by atoms with van der Waals surface area (Å²) in [4.78, 5) is 93.1. The second kappa shape index (κ2) is 17.8. The zero-order chi connectivity index (χ0) is 33.1. The molecule has 0 radical (unpaired) electrons. The Morgan fingerprint density at radius 1 is 0.953 bits per heavy atom. The fraction of sp³-hybridized carbons (Fsp3) is 0.652. The van der Waals surface area contributed by atoms with Gasteiger partial charge in [0.25, 0.3) is 0 Å². The second-order valence-corrected chi connectivity index (χ2v) is 13.0. The van der Waals surface area contributed by atoms with Crippen LogP contribution in [0.1, 0.15) is 33.1 Å². The first-order valence-electron chi connectivity index (χ1n) is 12.8. The molecular weight excluding hydrogens is 648 g/mol. The van der Waals surface area contributed by atoms with Crippen LogP contribution in [-0.2, 0) is 33.5 Å². The molecular formula is C23H37N5O11P2S2. The molecule has 6 amide bonds. The number of hydrogen-bond acceptors (Lipinski definition) is 12. The highest BCUT2D eigenvalue weighted by Gasteiger charge is 2.40. The number of hydrogen-bond donors (Lipinski definition) is 5. The van der Waals surface area contributed by atoms with E-state index in [2.05, 4.69) is 10.6 Å². The van der Waals surface area contributed by atoms with Gasteiger partial charge >= 0.3 is 11.9 Å². The monoisotopic (exact) mass is 685 g/mol. The van der Waals surface area contributed by atoms with Crippen molar-refractivity contribution in [2.75, 3.05) is 31.7 Å². The lowest BCUT2D eigenvalue weighted by molar-refractivity contribution is -0.140. The highest BCUT2D eigenvalue weighted by molar-refractivity contribution is 8.01. The van der Waals surface area contributed by atoms with E-state index in [1.54, 1.807) is 13.8 Å². The van der Waals surface area contributed by atoms with Crippen LogP contribution in [0.5, 0.6) is 0 Å². The van der Waals surface area contributed by atoms with Crippen LogP contribution in [0.2, 0.25) is 0 Å². The highest BCUT2D eigenvalue weighted by atomic mass is 32.2. The third kappa shape index (κ3) is 13.0. The molecule has 0 bridgehead atoms. The summed E-state index contributed by atoms with van der Waals surface area (Å²) < 4.78 is 5.34. The lowest BCUT2D eigenvalue weighted by atomic mass is 10.2. The first kappa shape index (κ1) is 38.7. The van der Waals surface area contributed by atoms with Crippen molar-refractivity contribution in [2.45, 2.75) is 61.4 Å². The molecule has 16 nitrogen and oxygen atoms in total. The van der Waals surface area contributed by atoms with Crippen molar-refractivity contribution in [3.63, 3.8) is 0 Å². The summed E-state index contributed by atoms with van der Waals surface area (Å²) in [6.45, 7) is 4.05. The van der Waals surface area contributed by atoms with E-state index in [1.165, 1.54) is 7.05 Å². The molecule has 20 heteroatoms. The Morgan fingerprint density at radius 2 is 1.40 bits per heavy atom. The van der Waals surface area contributed by atoms with Crippen molar-refractivity contribution in [1.82, 2.24) is 20.4 Å². The van der Waals surface area contributed by atoms with Crippen molar-refractivity contribution in [3.8, 4) is 0 Å². The zero-order valence-electron chi connectivity index (χ0n) is 23.8. The topological polar surface area (TPSA) is 243 Å². The van der Waals surface area contributed by atoms with Gasteiger partial charge in [0.2, 0.25) is 34.9 Å². The van der Waals surface area contributed by atoms with Gasteiger partial charge in [0.15, 0.2) is 0 Å². The number of carboxylic acid groups (broad SMARTS) is 2. The number of aliphatic carboxylic acids is 2. The molecule has 2 saturated heterocycles. The minimum atomic E-state index is -1.20. The summed E-state index contributed by atoms with van der Waals surface area (Å²) in [6, 6.07) is -2.20. The molecule has 43 heavy (non-hydrogen) atoms. The van der Waals surface area contributed by atoms with E-state index in [1.807, 2.05) is 18.5 Å². The van der Waals surface area contributed by atoms with E-state index in [-0.39, 0.29) is 54.5 Å². The predicted molar refractivity (Wildman–Crippen MR) is 164 cm³/mol. The van der Waals surface area contributed by atoms with Crippen LogP contribution in [0.15, 0.2) is 0 Å². The SMILES string of the molecule is CCOC(C)(N)CCN1C(=O)CC(SCC(NC(=O)P)C(=O)O)C1=O.CN1C(=O)CC(SCC(NC(=O)P)C(=O)O)C1=O. The number of likely N-dealkylation sites (tertiary alicyclic amines) is 2. The first-order valence-corrected chi connectivity index (χ1v) is 16.0. The van der Waals surface area contributed by atoms with Crippen LogP contribution in [0.4, 0.5) is 9.59 Å². The maximum Gasteiger partial charge on any atom is 0.327 e. The Bertz CT molecular complexity index is 1110. The summed E-state index contributed by atoms with van der Waals surface area (Å²) in [6.07, 6.45) is 0.373. The average molecular weight is 686 g/mol. The Morgan fingerprint density at radius 3 is 1.77 bits per heavy atom. The third-order valence-corrected chi connectivity index (χ3v) is 8.93. The Kier molecular flexibility index (Phi) is 16.0. The Hall–Kier alpha value is -2.36. The van der Waals surface area contributed by atoms with Gasteiger partial charge in [0.05, 0.1) is 10.5 Å². The second-order valence-electron chi connectivity index (χ2n) is 9.52. The summed E-state index contributed by atoms with van der Waals surface area (Å²) in [7, 11) is 5.05. The van der Waals surface area contributed by atoms with Crippen LogP contribution < -0.4 is 16.4 Å². The van der Waals surface area contributed by atoms with E-state index in [0.29, 0.717) is 13.0 Å². The molecule has 2 aliphatic rings. The fourth-order valence-corrected chi connectivity index (χ4v) is 6.52. The summed E-state index contributed by atoms with van der Waals surface area (Å²) in [5.41, 5.74) is 3.90. The number of nitrogens with one attached hydrogen (secondary N) is 2. The van der Waals surface area contributed by atoms with Crippen molar-refractivity contribution in [3.05, 3.63) is 0 Å². The number of carbonyl (C=O) groups excluding carboxylic acids is 6. The standard InChI is InChI=1S/C14H24N3O6PS.C9H13N2O5PS/c1-3-23-14(2,15)4-5-17-10(18)6-9(11(17)19)25-7-8(12(20)21)16-13(22)24;1-11-6(12)2-5(7(11)13)18-3-4(8(14)15)10-9(16)17/h8-9H,3-7,15,24H2,1-2H3,(H,16,22)(H,20,21);4-5H,2-3,17H2,1H3,(H,10,16)(H,14,15). The van der Waals surface area contributed by atoms with Crippen LogP contribution in [-0.4, -0.2) is 127 Å². The minimum Gasteiger partial charge on any atom is -0.480 e. The smallest absolute Gasteiger partial charge is 0.327 e. The Balaban J connectivity index is 0.000000453. The largest absolute Gasteiger partial charge is 0.480 e. The number of carboxylic acids is 2. The van der Waals surface area contributed by atoms with Gasteiger partial charge < -0.3 is 31.3 Å². The van der Waals surface area contributed by atoms with E-state index in [9.17, 15) is 38.4 Å². The van der Waals surface area contributed by atoms with Gasteiger partial charge in [-0.15, -0.1) is 23.5 Å². The average Bonchev–Trinajstić information content (AvgIpc) is 3.30. The number of thioether (sulfide) groups is 2. The van der Waals surface area contributed by atoms with Gasteiger partial charge in [-0.25, -0.2) is 9.59 Å². The summed E-state index contributed by atoms with van der Waals surface area (Å²) in [5.74, 6) is -3.66. The quantitative estimate of drug-likeness (QED) is 0.0830. The molecule has 0 aromatic heterocycles. The maximum atomic E-state index is 12.4. The molecule has 6 N–H and O–H groups in total. The number of carbonyl (C=O) groups is 8. The van der Waals surface area contributed by atoms with E-state index in [4.69, 9.17) is 20.7 Å². The van der Waals surface area contributed by atoms with Gasteiger partial charge in [0, 0.05) is 51.0 Å². The molecule has 0 aromatic rings. The lowest BCUT2D eigenvalue weighted by Gasteiger charge is -2.26. The zero-order valence-corrected chi connectivity index (χ0v) is 27.7. The molecule has 2 fully saturated rings. The lowest BCUT2D eigenvalue weighted by Crippen LogP contribution is -2.44. The van der Waals surface area contributed by atoms with E-state index < -0.39 is 51.5 Å². The van der Waals surface area contributed by atoms with Gasteiger partial charge in [0.1, 0.15) is 17.8 Å². The molecule has 242 valence electrons. The molecule has 2 rings (SSSR count). The number of nitrogens with zero attached hydrogens (tertiary/aromatic N) is 2. The molecule has 2 heterocycles. The summed E-state index contributed by atoms with van der Waals surface area (Å²) in [5, 5.41) is 21.2. The number of rotatable bonds is 15. The fourth-order valence-electron chi connectivity index (χ4n) is 3.72. The highest BCUT2D eigenvalue weighted by Crippen LogP contribution is 2.27. The number of amides is 6. The molecule has 0 spiro atoms. The maximum absolute atomic E-state index is 12.4. The minimum absolute atomic E-state index is 0.000576. The van der Waals surface area contributed by atoms with Crippen molar-refractivity contribution in [1.29, 1.82) is 0 Å². The van der Waals surface area contributed by atoms with Crippen molar-refractivity contribution >= 4 is 88.9 Å². The first-order chi connectivity index (χ1) is 19.9. The van der Waals surface area contributed by atoms with Gasteiger partial charge in [-0.05, 0) is 32.3 Å². The van der Waals surface area contributed by atoms with Crippen LogP contribution >= 0.6 is 42.0 Å². The number of ether oxygens (including phenoxy) is 1. The Labute approximate surface area is 261 Å². The molecule has 7 unspecified atom stereocenters. The number of nitrogens with two attached hydrogens (primary N) is 1. The molecule has 2 aliphatic heterocycles. The van der Waals surface area contributed by atoms with Crippen LogP contribution in [0.25, 0.3) is 0 Å². The van der Waals surface area contributed by atoms with E-state index in [0.717, 1.165) is 33.3 Å². The van der Waals surface area contributed by atoms with E-state index >= 15 is 0 Å². The van der Waals surface area contributed by atoms with Crippen LogP contribution in [0, 0.1) is 0 Å². The van der Waals surface area contributed by atoms with Crippen molar-refractivity contribution < 1.29 is 53.3 Å². The van der Waals surface area contributed by atoms with Crippen molar-refractivity contribution in [2.24, 2.45) is 5.73 Å². The molecule has 7 atom stereocenters.